The molecule has 1 atom stereocenters. The first-order valence-electron chi connectivity index (χ1n) is 5.13. The summed E-state index contributed by atoms with van der Waals surface area (Å²) in [5.41, 5.74) is -1.40. The average molecular weight is 215 g/mol. The lowest BCUT2D eigenvalue weighted by Crippen LogP contribution is -2.53. The maximum atomic E-state index is 11.9. The molecule has 0 aromatic carbocycles. The number of carbonyl (C=O) groups excluding carboxylic acids is 2. The quantitative estimate of drug-likeness (QED) is 0.728. The highest BCUT2D eigenvalue weighted by Gasteiger charge is 2.36. The molecule has 88 valence electrons. The molecule has 0 bridgehead atoms. The Kier molecular flexibility index (Phi) is 4.31. The van der Waals surface area contributed by atoms with Gasteiger partial charge in [-0.25, -0.2) is 0 Å². The first-order chi connectivity index (χ1) is 6.60. The SMILES string of the molecule is CC[C@](C)(OC(C)=O)C(=O)NC(C)(C)C. The molecular formula is C11H21NO3. The molecule has 0 unspecified atom stereocenters. The van der Waals surface area contributed by atoms with Gasteiger partial charge < -0.3 is 10.1 Å². The summed E-state index contributed by atoms with van der Waals surface area (Å²) in [4.78, 5) is 22.7. The van der Waals surface area contributed by atoms with Gasteiger partial charge in [0.05, 0.1) is 0 Å². The largest absolute Gasteiger partial charge is 0.449 e. The number of ether oxygens (including phenoxy) is 1. The third-order valence-electron chi connectivity index (χ3n) is 2.01. The van der Waals surface area contributed by atoms with Gasteiger partial charge in [-0.15, -0.1) is 0 Å². The van der Waals surface area contributed by atoms with Gasteiger partial charge in [0.2, 0.25) is 0 Å². The van der Waals surface area contributed by atoms with Crippen molar-refractivity contribution in [3.63, 3.8) is 0 Å². The van der Waals surface area contributed by atoms with E-state index in [-0.39, 0.29) is 11.4 Å². The molecule has 0 spiro atoms. The molecule has 0 saturated carbocycles. The van der Waals surface area contributed by atoms with E-state index in [1.165, 1.54) is 6.92 Å². The Morgan fingerprint density at radius 3 is 1.93 bits per heavy atom. The van der Waals surface area contributed by atoms with E-state index >= 15 is 0 Å². The van der Waals surface area contributed by atoms with Crippen LogP contribution in [0.5, 0.6) is 0 Å². The minimum absolute atomic E-state index is 0.257. The molecule has 0 aromatic heterocycles. The molecule has 1 amide bonds. The molecule has 0 fully saturated rings. The summed E-state index contributed by atoms with van der Waals surface area (Å²) in [5.74, 6) is -0.698. The summed E-state index contributed by atoms with van der Waals surface area (Å²) in [6, 6.07) is 0. The Labute approximate surface area is 91.4 Å². The third kappa shape index (κ3) is 4.81. The van der Waals surface area contributed by atoms with Crippen molar-refractivity contribution in [2.24, 2.45) is 0 Å². The summed E-state index contributed by atoms with van der Waals surface area (Å²) in [5, 5.41) is 2.80. The summed E-state index contributed by atoms with van der Waals surface area (Å²) in [6.45, 7) is 10.4. The molecule has 0 aromatic rings. The Hall–Kier alpha value is -1.06. The molecule has 0 radical (unpaired) electrons. The molecule has 0 aliphatic carbocycles. The molecule has 15 heavy (non-hydrogen) atoms. The number of hydrogen-bond acceptors (Lipinski definition) is 3. The molecule has 0 aliphatic rings. The predicted octanol–water partition coefficient (Wildman–Crippen LogP) is 1.63. The van der Waals surface area contributed by atoms with Crippen LogP contribution < -0.4 is 5.32 Å². The predicted molar refractivity (Wildman–Crippen MR) is 58.4 cm³/mol. The van der Waals surface area contributed by atoms with Gasteiger partial charge in [-0.05, 0) is 34.1 Å². The number of nitrogens with one attached hydrogen (secondary N) is 1. The highest BCUT2D eigenvalue weighted by atomic mass is 16.6. The fraction of sp³-hybridized carbons (Fsp3) is 0.818. The van der Waals surface area contributed by atoms with Crippen molar-refractivity contribution in [2.45, 2.75) is 59.1 Å². The topological polar surface area (TPSA) is 55.4 Å². The van der Waals surface area contributed by atoms with Crippen molar-refractivity contribution in [1.82, 2.24) is 5.32 Å². The smallest absolute Gasteiger partial charge is 0.303 e. The van der Waals surface area contributed by atoms with Gasteiger partial charge in [-0.2, -0.15) is 0 Å². The maximum Gasteiger partial charge on any atom is 0.303 e. The highest BCUT2D eigenvalue weighted by molar-refractivity contribution is 5.87. The summed E-state index contributed by atoms with van der Waals surface area (Å²) < 4.78 is 5.04. The highest BCUT2D eigenvalue weighted by Crippen LogP contribution is 2.17. The zero-order chi connectivity index (χ0) is 12.3. The van der Waals surface area contributed by atoms with Crippen LogP contribution >= 0.6 is 0 Å². The van der Waals surface area contributed by atoms with Crippen LogP contribution in [0.15, 0.2) is 0 Å². The average Bonchev–Trinajstić information content (AvgIpc) is 1.99. The lowest BCUT2D eigenvalue weighted by Gasteiger charge is -2.31. The van der Waals surface area contributed by atoms with Crippen LogP contribution in [0.1, 0.15) is 48.0 Å². The second kappa shape index (κ2) is 4.64. The summed E-state index contributed by atoms with van der Waals surface area (Å²) in [7, 11) is 0. The zero-order valence-corrected chi connectivity index (χ0v) is 10.4. The van der Waals surface area contributed by atoms with E-state index in [0.29, 0.717) is 6.42 Å². The maximum absolute atomic E-state index is 11.9. The van der Waals surface area contributed by atoms with E-state index in [2.05, 4.69) is 5.32 Å². The molecule has 4 heteroatoms. The third-order valence-corrected chi connectivity index (χ3v) is 2.01. The molecule has 0 heterocycles. The van der Waals surface area contributed by atoms with Crippen molar-refractivity contribution in [3.05, 3.63) is 0 Å². The number of amides is 1. The zero-order valence-electron chi connectivity index (χ0n) is 10.4. The standard InChI is InChI=1S/C11H21NO3/c1-7-11(6,15-8(2)13)9(14)12-10(3,4)5/h7H2,1-6H3,(H,12,14)/t11-/m0/s1. The van der Waals surface area contributed by atoms with Crippen LogP contribution in [0.25, 0.3) is 0 Å². The number of esters is 1. The second-order valence-electron chi connectivity index (χ2n) is 4.88. The van der Waals surface area contributed by atoms with Gasteiger partial charge >= 0.3 is 5.97 Å². The molecule has 0 aliphatic heterocycles. The first kappa shape index (κ1) is 13.9. The van der Waals surface area contributed by atoms with Gasteiger partial charge in [0, 0.05) is 12.5 Å². The van der Waals surface area contributed by atoms with E-state index in [9.17, 15) is 9.59 Å². The minimum Gasteiger partial charge on any atom is -0.449 e. The van der Waals surface area contributed by atoms with Crippen molar-refractivity contribution in [1.29, 1.82) is 0 Å². The van der Waals surface area contributed by atoms with Crippen LogP contribution in [0.4, 0.5) is 0 Å². The van der Waals surface area contributed by atoms with Crippen LogP contribution in [0, 0.1) is 0 Å². The molecule has 0 saturated heterocycles. The van der Waals surface area contributed by atoms with Crippen LogP contribution in [-0.4, -0.2) is 23.0 Å². The number of hydrogen-bond donors (Lipinski definition) is 1. The summed E-state index contributed by atoms with van der Waals surface area (Å²) in [6.07, 6.45) is 0.453. The molecular weight excluding hydrogens is 194 g/mol. The molecule has 1 N–H and O–H groups in total. The van der Waals surface area contributed by atoms with Gasteiger partial charge in [0.1, 0.15) is 0 Å². The monoisotopic (exact) mass is 215 g/mol. The molecule has 4 nitrogen and oxygen atoms in total. The van der Waals surface area contributed by atoms with E-state index in [1.54, 1.807) is 6.92 Å². The summed E-state index contributed by atoms with van der Waals surface area (Å²) >= 11 is 0. The lowest BCUT2D eigenvalue weighted by molar-refractivity contribution is -0.166. The number of rotatable bonds is 3. The number of carbonyl (C=O) groups is 2. The Morgan fingerprint density at radius 1 is 1.20 bits per heavy atom. The molecule has 0 rings (SSSR count). The first-order valence-corrected chi connectivity index (χ1v) is 5.13. The van der Waals surface area contributed by atoms with E-state index in [0.717, 1.165) is 0 Å². The Balaban J connectivity index is 4.66. The van der Waals surface area contributed by atoms with E-state index in [4.69, 9.17) is 4.74 Å². The van der Waals surface area contributed by atoms with Crippen LogP contribution in [0.2, 0.25) is 0 Å². The van der Waals surface area contributed by atoms with Crippen molar-refractivity contribution >= 4 is 11.9 Å². The van der Waals surface area contributed by atoms with Gasteiger partial charge in [-0.1, -0.05) is 6.92 Å². The Morgan fingerprint density at radius 2 is 1.67 bits per heavy atom. The normalized spacial score (nSPS) is 15.3. The van der Waals surface area contributed by atoms with Crippen molar-refractivity contribution < 1.29 is 14.3 Å². The second-order valence-corrected chi connectivity index (χ2v) is 4.88. The van der Waals surface area contributed by atoms with E-state index < -0.39 is 11.6 Å². The van der Waals surface area contributed by atoms with Gasteiger partial charge in [-0.3, -0.25) is 9.59 Å². The fourth-order valence-electron chi connectivity index (χ4n) is 1.07. The fourth-order valence-corrected chi connectivity index (χ4v) is 1.07. The van der Waals surface area contributed by atoms with Crippen LogP contribution in [-0.2, 0) is 14.3 Å². The lowest BCUT2D eigenvalue weighted by atomic mass is 9.99. The Bertz CT molecular complexity index is 255. The van der Waals surface area contributed by atoms with Crippen molar-refractivity contribution in [3.8, 4) is 0 Å². The minimum atomic E-state index is -1.07. The van der Waals surface area contributed by atoms with Gasteiger partial charge in [0.15, 0.2) is 5.60 Å². The van der Waals surface area contributed by atoms with Crippen molar-refractivity contribution in [2.75, 3.05) is 0 Å². The van der Waals surface area contributed by atoms with E-state index in [1.807, 2.05) is 27.7 Å². The van der Waals surface area contributed by atoms with Crippen LogP contribution in [0.3, 0.4) is 0 Å². The van der Waals surface area contributed by atoms with Gasteiger partial charge in [0.25, 0.3) is 5.91 Å².